The van der Waals surface area contributed by atoms with Crippen molar-refractivity contribution in [3.05, 3.63) is 47.5 Å². The first kappa shape index (κ1) is 11.9. The van der Waals surface area contributed by atoms with Crippen LogP contribution in [0.2, 0.25) is 0 Å². The number of nitrogens with zero attached hydrogens (tertiary/aromatic N) is 1. The van der Waals surface area contributed by atoms with E-state index in [4.69, 9.17) is 0 Å². The van der Waals surface area contributed by atoms with Crippen molar-refractivity contribution in [2.24, 2.45) is 0 Å². The lowest BCUT2D eigenvalue weighted by molar-refractivity contribution is -0.143. The minimum absolute atomic E-state index is 0.429. The molecule has 17 heavy (non-hydrogen) atoms. The van der Waals surface area contributed by atoms with Crippen LogP contribution in [0.4, 0.5) is 0 Å². The van der Waals surface area contributed by atoms with Crippen molar-refractivity contribution in [1.29, 1.82) is 0 Å². The van der Waals surface area contributed by atoms with Gasteiger partial charge in [0.1, 0.15) is 6.04 Å². The van der Waals surface area contributed by atoms with E-state index in [0.717, 1.165) is 11.1 Å². The first-order valence-electron chi connectivity index (χ1n) is 5.76. The number of fused-ring (bicyclic) bond motifs is 1. The van der Waals surface area contributed by atoms with Crippen LogP contribution in [0.1, 0.15) is 18.1 Å². The Bertz CT molecular complexity index is 453. The summed E-state index contributed by atoms with van der Waals surface area (Å²) in [5.41, 5.74) is 3.37. The van der Waals surface area contributed by atoms with Crippen LogP contribution in [0.3, 0.4) is 0 Å². The van der Waals surface area contributed by atoms with Gasteiger partial charge in [-0.15, -0.1) is 0 Å². The minimum atomic E-state index is -0.749. The lowest BCUT2D eigenvalue weighted by atomic mass is 9.93. The Morgan fingerprint density at radius 2 is 2.12 bits per heavy atom. The predicted molar refractivity (Wildman–Crippen MR) is 66.8 cm³/mol. The van der Waals surface area contributed by atoms with Gasteiger partial charge in [-0.2, -0.15) is 0 Å². The van der Waals surface area contributed by atoms with Crippen molar-refractivity contribution in [2.75, 3.05) is 6.54 Å². The lowest BCUT2D eigenvalue weighted by Crippen LogP contribution is -2.46. The van der Waals surface area contributed by atoms with Crippen molar-refractivity contribution in [3.8, 4) is 0 Å². The zero-order valence-electron chi connectivity index (χ0n) is 10.0. The lowest BCUT2D eigenvalue weighted by Gasteiger charge is -2.34. The molecule has 0 fully saturated rings. The van der Waals surface area contributed by atoms with E-state index in [0.29, 0.717) is 19.5 Å². The number of aliphatic carboxylic acids is 1. The fraction of sp³-hybridized carbons (Fsp3) is 0.357. The molecule has 1 aromatic rings. The van der Waals surface area contributed by atoms with Gasteiger partial charge in [0, 0.05) is 13.1 Å². The zero-order valence-corrected chi connectivity index (χ0v) is 10.0. The van der Waals surface area contributed by atoms with Crippen LogP contribution in [-0.4, -0.2) is 28.6 Å². The molecule has 1 aromatic carbocycles. The minimum Gasteiger partial charge on any atom is -0.480 e. The Morgan fingerprint density at radius 3 is 2.71 bits per heavy atom. The molecule has 1 N–H and O–H groups in total. The van der Waals surface area contributed by atoms with Gasteiger partial charge in [0.15, 0.2) is 0 Å². The number of hydrogen-bond donors (Lipinski definition) is 1. The van der Waals surface area contributed by atoms with Crippen LogP contribution >= 0.6 is 0 Å². The van der Waals surface area contributed by atoms with Gasteiger partial charge in [-0.3, -0.25) is 9.69 Å². The molecule has 0 amide bonds. The molecule has 1 heterocycles. The van der Waals surface area contributed by atoms with E-state index >= 15 is 0 Å². The third-order valence-corrected chi connectivity index (χ3v) is 3.10. The summed E-state index contributed by atoms with van der Waals surface area (Å²) in [6.07, 6.45) is 0.582. The topological polar surface area (TPSA) is 40.5 Å². The second-order valence-electron chi connectivity index (χ2n) is 4.69. The molecule has 1 aliphatic heterocycles. The van der Waals surface area contributed by atoms with Gasteiger partial charge in [-0.25, -0.2) is 0 Å². The molecule has 0 radical (unpaired) electrons. The maximum Gasteiger partial charge on any atom is 0.321 e. The molecular weight excluding hydrogens is 214 g/mol. The molecule has 0 aliphatic carbocycles. The molecule has 1 atom stereocenters. The average Bonchev–Trinajstić information content (AvgIpc) is 2.27. The number of rotatable bonds is 3. The molecule has 0 saturated heterocycles. The Hall–Kier alpha value is -1.61. The van der Waals surface area contributed by atoms with E-state index < -0.39 is 12.0 Å². The Balaban J connectivity index is 2.27. The van der Waals surface area contributed by atoms with E-state index in [-0.39, 0.29) is 0 Å². The maximum absolute atomic E-state index is 11.3. The fourth-order valence-corrected chi connectivity index (χ4v) is 2.33. The highest BCUT2D eigenvalue weighted by molar-refractivity contribution is 5.74. The summed E-state index contributed by atoms with van der Waals surface area (Å²) in [6.45, 7) is 7.13. The van der Waals surface area contributed by atoms with Crippen molar-refractivity contribution in [3.63, 3.8) is 0 Å². The second-order valence-corrected chi connectivity index (χ2v) is 4.69. The van der Waals surface area contributed by atoms with Gasteiger partial charge in [0.05, 0.1) is 0 Å². The molecule has 90 valence electrons. The number of benzene rings is 1. The highest BCUT2D eigenvalue weighted by atomic mass is 16.4. The molecule has 1 aliphatic rings. The van der Waals surface area contributed by atoms with E-state index in [1.165, 1.54) is 5.56 Å². The highest BCUT2D eigenvalue weighted by Crippen LogP contribution is 2.23. The summed E-state index contributed by atoms with van der Waals surface area (Å²) >= 11 is 0. The summed E-state index contributed by atoms with van der Waals surface area (Å²) < 4.78 is 0. The molecule has 0 aromatic heterocycles. The van der Waals surface area contributed by atoms with Gasteiger partial charge >= 0.3 is 5.97 Å². The van der Waals surface area contributed by atoms with Crippen LogP contribution in [0.25, 0.3) is 0 Å². The zero-order chi connectivity index (χ0) is 12.4. The van der Waals surface area contributed by atoms with Crippen LogP contribution in [0.15, 0.2) is 36.4 Å². The average molecular weight is 231 g/mol. The largest absolute Gasteiger partial charge is 0.480 e. The highest BCUT2D eigenvalue weighted by Gasteiger charge is 2.30. The van der Waals surface area contributed by atoms with Gasteiger partial charge in [-0.1, -0.05) is 36.4 Å². The molecule has 0 spiro atoms. The summed E-state index contributed by atoms with van der Waals surface area (Å²) in [6, 6.07) is 7.62. The molecular formula is C14H17NO2. The van der Waals surface area contributed by atoms with Crippen molar-refractivity contribution < 1.29 is 9.90 Å². The number of carboxylic acids is 1. The van der Waals surface area contributed by atoms with Crippen molar-refractivity contribution in [1.82, 2.24) is 4.90 Å². The van der Waals surface area contributed by atoms with Gasteiger partial charge in [0.25, 0.3) is 0 Å². The molecule has 3 nitrogen and oxygen atoms in total. The molecule has 1 unspecified atom stereocenters. The Morgan fingerprint density at radius 1 is 1.47 bits per heavy atom. The summed E-state index contributed by atoms with van der Waals surface area (Å²) in [5.74, 6) is -0.749. The standard InChI is InChI=1S/C14H17NO2/c1-10(2)8-15-9-12-6-4-3-5-11(12)7-13(15)14(16)17/h3-6,13H,1,7-9H2,2H3,(H,16,17). The molecule has 3 heteroatoms. The van der Waals surface area contributed by atoms with Gasteiger partial charge in [0.2, 0.25) is 0 Å². The Kier molecular flexibility index (Phi) is 3.29. The second kappa shape index (κ2) is 4.72. The summed E-state index contributed by atoms with van der Waals surface area (Å²) in [5, 5.41) is 9.28. The van der Waals surface area contributed by atoms with Crippen molar-refractivity contribution >= 4 is 5.97 Å². The third kappa shape index (κ3) is 2.56. The van der Waals surface area contributed by atoms with Gasteiger partial charge in [-0.05, 0) is 24.5 Å². The smallest absolute Gasteiger partial charge is 0.321 e. The first-order valence-corrected chi connectivity index (χ1v) is 5.76. The Labute approximate surface area is 101 Å². The number of carboxylic acid groups (broad SMARTS) is 1. The van der Waals surface area contributed by atoms with E-state index in [1.807, 2.05) is 30.0 Å². The maximum atomic E-state index is 11.3. The van der Waals surface area contributed by atoms with Crippen LogP contribution in [-0.2, 0) is 17.8 Å². The third-order valence-electron chi connectivity index (χ3n) is 3.10. The predicted octanol–water partition coefficient (Wildman–Crippen LogP) is 2.07. The quantitative estimate of drug-likeness (QED) is 0.810. The molecule has 2 rings (SSSR count). The molecule has 0 saturated carbocycles. The van der Waals surface area contributed by atoms with E-state index in [1.54, 1.807) is 0 Å². The number of carbonyl (C=O) groups is 1. The fourth-order valence-electron chi connectivity index (χ4n) is 2.33. The normalized spacial score (nSPS) is 19.7. The van der Waals surface area contributed by atoms with Crippen LogP contribution in [0.5, 0.6) is 0 Å². The molecule has 0 bridgehead atoms. The monoisotopic (exact) mass is 231 g/mol. The van der Waals surface area contributed by atoms with E-state index in [9.17, 15) is 9.90 Å². The SMILES string of the molecule is C=C(C)CN1Cc2ccccc2CC1C(=O)O. The van der Waals surface area contributed by atoms with Crippen molar-refractivity contribution in [2.45, 2.75) is 25.9 Å². The van der Waals surface area contributed by atoms with Crippen LogP contribution in [0, 0.1) is 0 Å². The summed E-state index contributed by atoms with van der Waals surface area (Å²) in [7, 11) is 0. The summed E-state index contributed by atoms with van der Waals surface area (Å²) in [4.78, 5) is 13.3. The number of hydrogen-bond acceptors (Lipinski definition) is 2. The van der Waals surface area contributed by atoms with Gasteiger partial charge < -0.3 is 5.11 Å². The van der Waals surface area contributed by atoms with E-state index in [2.05, 4.69) is 12.6 Å². The first-order chi connectivity index (χ1) is 8.08. The van der Waals surface area contributed by atoms with Crippen LogP contribution < -0.4 is 0 Å².